The molecule has 4 fully saturated rings. The first-order chi connectivity index (χ1) is 13.3. The summed E-state index contributed by atoms with van der Waals surface area (Å²) in [5, 5.41) is 5.64. The quantitative estimate of drug-likeness (QED) is 0.619. The van der Waals surface area contributed by atoms with Crippen molar-refractivity contribution in [3.05, 3.63) is 34.9 Å². The van der Waals surface area contributed by atoms with E-state index in [1.54, 1.807) is 12.1 Å². The summed E-state index contributed by atoms with van der Waals surface area (Å²) in [6, 6.07) is 4.27. The Labute approximate surface area is 161 Å². The number of carbonyl (C=O) groups excluding carboxylic acids is 4. The molecule has 2 aliphatic heterocycles. The van der Waals surface area contributed by atoms with Crippen LogP contribution in [0.3, 0.4) is 0 Å². The van der Waals surface area contributed by atoms with Crippen LogP contribution < -0.4 is 16.4 Å². The molecule has 1 atom stereocenters. The molecule has 1 aromatic rings. The first kappa shape index (κ1) is 17.5. The van der Waals surface area contributed by atoms with Gasteiger partial charge in [0.2, 0.25) is 11.8 Å². The van der Waals surface area contributed by atoms with Crippen molar-refractivity contribution in [1.29, 1.82) is 0 Å². The van der Waals surface area contributed by atoms with E-state index in [9.17, 15) is 19.2 Å². The van der Waals surface area contributed by atoms with Crippen LogP contribution in [-0.4, -0.2) is 46.7 Å². The van der Waals surface area contributed by atoms with Gasteiger partial charge in [-0.1, -0.05) is 6.07 Å². The molecule has 0 aromatic heterocycles. The number of benzene rings is 1. The fourth-order valence-corrected chi connectivity index (χ4v) is 5.37. The normalized spacial score (nSPS) is 33.3. The van der Waals surface area contributed by atoms with Gasteiger partial charge in [-0.3, -0.25) is 29.4 Å². The molecule has 0 radical (unpaired) electrons. The summed E-state index contributed by atoms with van der Waals surface area (Å²) in [7, 11) is 0. The molecule has 146 valence electrons. The van der Waals surface area contributed by atoms with Crippen LogP contribution in [-0.2, 0) is 16.1 Å². The summed E-state index contributed by atoms with van der Waals surface area (Å²) in [6.07, 6.45) is 3.50. The average molecular weight is 382 g/mol. The van der Waals surface area contributed by atoms with Crippen LogP contribution in [0.4, 0.5) is 0 Å². The molecule has 2 bridgehead atoms. The van der Waals surface area contributed by atoms with Crippen LogP contribution in [0.2, 0.25) is 0 Å². The van der Waals surface area contributed by atoms with Gasteiger partial charge in [-0.25, -0.2) is 0 Å². The first-order valence-electron chi connectivity index (χ1n) is 9.63. The Kier molecular flexibility index (Phi) is 3.57. The van der Waals surface area contributed by atoms with E-state index in [2.05, 4.69) is 10.6 Å². The largest absolute Gasteiger partial charge is 0.325 e. The molecule has 1 aromatic carbocycles. The smallest absolute Gasteiger partial charge is 0.262 e. The number of fused-ring (bicyclic) bond motifs is 1. The van der Waals surface area contributed by atoms with Crippen molar-refractivity contribution < 1.29 is 19.2 Å². The second-order valence-corrected chi connectivity index (χ2v) is 8.82. The van der Waals surface area contributed by atoms with Crippen molar-refractivity contribution in [3.8, 4) is 0 Å². The number of rotatable bonds is 5. The van der Waals surface area contributed by atoms with Gasteiger partial charge in [0.1, 0.15) is 6.04 Å². The molecule has 28 heavy (non-hydrogen) atoms. The van der Waals surface area contributed by atoms with Crippen LogP contribution in [0.15, 0.2) is 18.2 Å². The van der Waals surface area contributed by atoms with Crippen LogP contribution in [0, 0.1) is 5.41 Å². The van der Waals surface area contributed by atoms with Gasteiger partial charge in [0.25, 0.3) is 11.8 Å². The number of nitrogens with zero attached hydrogens (tertiary/aromatic N) is 1. The predicted molar refractivity (Wildman–Crippen MR) is 98.0 cm³/mol. The summed E-state index contributed by atoms with van der Waals surface area (Å²) in [5.74, 6) is -1.92. The topological polar surface area (TPSA) is 122 Å². The Morgan fingerprint density at radius 1 is 1.11 bits per heavy atom. The van der Waals surface area contributed by atoms with Crippen LogP contribution in [0.25, 0.3) is 0 Å². The zero-order valence-electron chi connectivity index (χ0n) is 15.4. The second-order valence-electron chi connectivity index (χ2n) is 8.82. The highest BCUT2D eigenvalue weighted by Gasteiger charge is 2.65. The van der Waals surface area contributed by atoms with Gasteiger partial charge in [0.15, 0.2) is 0 Å². The number of nitrogens with two attached hydrogens (primary N) is 1. The zero-order chi connectivity index (χ0) is 19.7. The molecule has 3 aliphatic carbocycles. The standard InChI is InChI=1S/C20H22N4O4/c21-20-7-19(8-20,9-20)10-22-6-11-1-2-12-13(5-11)18(28)24(17(12)27)14-3-4-15(25)23-16(14)26/h1-2,5,14,22H,3-4,6-10,21H2,(H,23,25,26). The minimum absolute atomic E-state index is 0.0848. The minimum atomic E-state index is -0.931. The number of amides is 4. The van der Waals surface area contributed by atoms with E-state index in [0.29, 0.717) is 23.1 Å². The summed E-state index contributed by atoms with van der Waals surface area (Å²) in [5.41, 5.74) is 8.06. The number of hydrogen-bond acceptors (Lipinski definition) is 6. The van der Waals surface area contributed by atoms with Gasteiger partial charge in [0.05, 0.1) is 11.1 Å². The van der Waals surface area contributed by atoms with E-state index in [1.807, 2.05) is 6.07 Å². The van der Waals surface area contributed by atoms with Gasteiger partial charge < -0.3 is 11.1 Å². The van der Waals surface area contributed by atoms with Crippen molar-refractivity contribution in [2.45, 2.75) is 50.2 Å². The molecule has 5 aliphatic rings. The molecule has 4 N–H and O–H groups in total. The summed E-state index contributed by atoms with van der Waals surface area (Å²) < 4.78 is 0. The monoisotopic (exact) mass is 382 g/mol. The first-order valence-corrected chi connectivity index (χ1v) is 9.63. The molecule has 2 heterocycles. The lowest BCUT2D eigenvalue weighted by molar-refractivity contribution is -0.136. The fourth-order valence-electron chi connectivity index (χ4n) is 5.37. The van der Waals surface area contributed by atoms with E-state index < -0.39 is 23.8 Å². The number of nitrogens with one attached hydrogen (secondary N) is 2. The van der Waals surface area contributed by atoms with E-state index in [1.165, 1.54) is 0 Å². The Hall–Kier alpha value is -2.58. The van der Waals surface area contributed by atoms with Gasteiger partial charge >= 0.3 is 0 Å². The number of carbonyl (C=O) groups is 4. The lowest BCUT2D eigenvalue weighted by atomic mass is 9.40. The van der Waals surface area contributed by atoms with Crippen molar-refractivity contribution in [2.75, 3.05) is 6.54 Å². The van der Waals surface area contributed by atoms with E-state index in [-0.39, 0.29) is 24.3 Å². The maximum Gasteiger partial charge on any atom is 0.262 e. The highest BCUT2D eigenvalue weighted by atomic mass is 16.2. The van der Waals surface area contributed by atoms with Crippen LogP contribution in [0.5, 0.6) is 0 Å². The van der Waals surface area contributed by atoms with Crippen molar-refractivity contribution in [3.63, 3.8) is 0 Å². The summed E-state index contributed by atoms with van der Waals surface area (Å²) >= 11 is 0. The third-order valence-corrected chi connectivity index (χ3v) is 6.51. The Balaban J connectivity index is 1.28. The third-order valence-electron chi connectivity index (χ3n) is 6.51. The highest BCUT2D eigenvalue weighted by Crippen LogP contribution is 2.65. The molecular formula is C20H22N4O4. The zero-order valence-corrected chi connectivity index (χ0v) is 15.4. The van der Waals surface area contributed by atoms with Crippen LogP contribution in [0.1, 0.15) is 58.4 Å². The van der Waals surface area contributed by atoms with Crippen molar-refractivity contribution >= 4 is 23.6 Å². The molecule has 1 saturated heterocycles. The van der Waals surface area contributed by atoms with Crippen molar-refractivity contribution in [2.24, 2.45) is 11.1 Å². The minimum Gasteiger partial charge on any atom is -0.325 e. The average Bonchev–Trinajstić information content (AvgIpc) is 2.84. The van der Waals surface area contributed by atoms with Gasteiger partial charge in [-0.15, -0.1) is 0 Å². The fraction of sp³-hybridized carbons (Fsp3) is 0.500. The van der Waals surface area contributed by atoms with Crippen LogP contribution >= 0.6 is 0 Å². The van der Waals surface area contributed by atoms with E-state index in [0.717, 1.165) is 36.3 Å². The Morgan fingerprint density at radius 2 is 1.82 bits per heavy atom. The maximum absolute atomic E-state index is 12.8. The molecule has 1 unspecified atom stereocenters. The molecular weight excluding hydrogens is 360 g/mol. The van der Waals surface area contributed by atoms with Gasteiger partial charge in [-0.05, 0) is 48.8 Å². The highest BCUT2D eigenvalue weighted by molar-refractivity contribution is 6.23. The lowest BCUT2D eigenvalue weighted by Crippen LogP contribution is -2.74. The molecule has 6 rings (SSSR count). The van der Waals surface area contributed by atoms with Gasteiger partial charge in [-0.2, -0.15) is 0 Å². The van der Waals surface area contributed by atoms with Crippen molar-refractivity contribution in [1.82, 2.24) is 15.5 Å². The van der Waals surface area contributed by atoms with Gasteiger partial charge in [0, 0.05) is 25.0 Å². The second kappa shape index (κ2) is 5.71. The summed E-state index contributed by atoms with van der Waals surface area (Å²) in [6.45, 7) is 1.50. The predicted octanol–water partition coefficient (Wildman–Crippen LogP) is 0.0588. The molecule has 4 amide bonds. The molecule has 0 spiro atoms. The molecule has 8 nitrogen and oxygen atoms in total. The molecule has 3 saturated carbocycles. The Morgan fingerprint density at radius 3 is 2.50 bits per heavy atom. The van der Waals surface area contributed by atoms with E-state index >= 15 is 0 Å². The Bertz CT molecular complexity index is 920. The maximum atomic E-state index is 12.8. The number of hydrogen-bond donors (Lipinski definition) is 3. The van der Waals surface area contributed by atoms with E-state index in [4.69, 9.17) is 5.73 Å². The SMILES string of the molecule is NC12CC(CNCc3ccc4c(c3)C(=O)N(C3CCC(=O)NC3=O)C4=O)(C1)C2. The summed E-state index contributed by atoms with van der Waals surface area (Å²) in [4.78, 5) is 49.9. The number of imide groups is 2. The molecule has 8 heteroatoms. The number of piperidine rings is 1. The lowest BCUT2D eigenvalue weighted by Gasteiger charge is -2.69. The third kappa shape index (κ3) is 2.51.